The number of H-pyrrole nitrogens is 1. The Morgan fingerprint density at radius 2 is 2.17 bits per heavy atom. The van der Waals surface area contributed by atoms with Gasteiger partial charge in [-0.05, 0) is 6.07 Å². The molecule has 1 aliphatic heterocycles. The van der Waals surface area contributed by atoms with Crippen LogP contribution in [0.2, 0.25) is 5.02 Å². The highest BCUT2D eigenvalue weighted by Gasteiger charge is 2.15. The Morgan fingerprint density at radius 3 is 2.91 bits per heavy atom. The molecule has 0 aliphatic carbocycles. The average Bonchev–Trinajstić information content (AvgIpc) is 3.05. The molecular weight excluding hydrogens is 318 g/mol. The van der Waals surface area contributed by atoms with E-state index in [2.05, 4.69) is 20.1 Å². The summed E-state index contributed by atoms with van der Waals surface area (Å²) in [5.74, 6) is 1.99. The molecule has 0 atom stereocenters. The molecule has 0 unspecified atom stereocenters. The number of morpholine rings is 1. The molecule has 2 heterocycles. The third-order valence-electron chi connectivity index (χ3n) is 3.86. The molecule has 124 valence electrons. The first-order chi connectivity index (χ1) is 11.2. The average molecular weight is 338 g/mol. The van der Waals surface area contributed by atoms with E-state index >= 15 is 0 Å². The van der Waals surface area contributed by atoms with Gasteiger partial charge in [0.1, 0.15) is 11.6 Å². The van der Waals surface area contributed by atoms with Crippen molar-refractivity contribution in [3.63, 3.8) is 0 Å². The summed E-state index contributed by atoms with van der Waals surface area (Å²) < 4.78 is 10.7. The Labute approximate surface area is 139 Å². The van der Waals surface area contributed by atoms with E-state index in [1.165, 1.54) is 0 Å². The Balaban J connectivity index is 1.72. The summed E-state index contributed by atoms with van der Waals surface area (Å²) in [6.45, 7) is 4.44. The number of hydrogen-bond donors (Lipinski definition) is 2. The molecule has 0 spiro atoms. The molecule has 1 saturated heterocycles. The summed E-state index contributed by atoms with van der Waals surface area (Å²) in [4.78, 5) is 6.89. The smallest absolute Gasteiger partial charge is 0.184 e. The number of aromatic nitrogens is 3. The van der Waals surface area contributed by atoms with Gasteiger partial charge in [-0.3, -0.25) is 10.00 Å². The number of nitrogens with one attached hydrogen (secondary N) is 1. The van der Waals surface area contributed by atoms with Crippen LogP contribution in [0.1, 0.15) is 5.82 Å². The zero-order chi connectivity index (χ0) is 16.2. The lowest BCUT2D eigenvalue weighted by Crippen LogP contribution is -2.37. The van der Waals surface area contributed by atoms with Crippen LogP contribution in [0.5, 0.6) is 5.75 Å². The summed E-state index contributed by atoms with van der Waals surface area (Å²) in [6, 6.07) is 3.41. The number of hydrogen-bond acceptors (Lipinski definition) is 6. The van der Waals surface area contributed by atoms with Crippen molar-refractivity contribution in [3.8, 4) is 17.1 Å². The van der Waals surface area contributed by atoms with E-state index in [0.717, 1.165) is 50.7 Å². The van der Waals surface area contributed by atoms with Crippen molar-refractivity contribution >= 4 is 17.3 Å². The molecule has 7 nitrogen and oxygen atoms in total. The number of nitrogens with zero attached hydrogens (tertiary/aromatic N) is 3. The number of benzene rings is 1. The number of anilines is 1. The monoisotopic (exact) mass is 337 g/mol. The van der Waals surface area contributed by atoms with Crippen molar-refractivity contribution in [2.45, 2.75) is 6.42 Å². The fraction of sp³-hybridized carbons (Fsp3) is 0.467. The highest BCUT2D eigenvalue weighted by Crippen LogP contribution is 2.34. The van der Waals surface area contributed by atoms with Crippen LogP contribution >= 0.6 is 11.6 Å². The molecule has 23 heavy (non-hydrogen) atoms. The number of rotatable bonds is 5. The van der Waals surface area contributed by atoms with Gasteiger partial charge < -0.3 is 15.2 Å². The minimum atomic E-state index is 0.459. The van der Waals surface area contributed by atoms with Crippen molar-refractivity contribution in [3.05, 3.63) is 23.0 Å². The van der Waals surface area contributed by atoms with Gasteiger partial charge in [0.15, 0.2) is 5.82 Å². The first-order valence-electron chi connectivity index (χ1n) is 7.52. The number of ether oxygens (including phenoxy) is 2. The van der Waals surface area contributed by atoms with Crippen LogP contribution in [0.4, 0.5) is 5.69 Å². The fourth-order valence-electron chi connectivity index (χ4n) is 2.53. The van der Waals surface area contributed by atoms with E-state index in [1.807, 2.05) is 0 Å². The van der Waals surface area contributed by atoms with Crippen molar-refractivity contribution in [2.75, 3.05) is 45.7 Å². The van der Waals surface area contributed by atoms with Gasteiger partial charge in [0.2, 0.25) is 0 Å². The molecule has 0 amide bonds. The van der Waals surface area contributed by atoms with Gasteiger partial charge >= 0.3 is 0 Å². The Hall–Kier alpha value is -1.83. The zero-order valence-electron chi connectivity index (χ0n) is 13.0. The lowest BCUT2D eigenvalue weighted by Gasteiger charge is -2.25. The standard InChI is InChI=1S/C15H20ClN5O2/c1-22-13-9-12(17)11(16)8-10(13)15-18-14(19-20-15)2-3-21-4-6-23-7-5-21/h8-9H,2-7,17H2,1H3,(H,18,19,20). The van der Waals surface area contributed by atoms with E-state index in [9.17, 15) is 0 Å². The second kappa shape index (κ2) is 7.16. The highest BCUT2D eigenvalue weighted by molar-refractivity contribution is 6.33. The molecule has 0 saturated carbocycles. The molecule has 3 N–H and O–H groups in total. The normalized spacial score (nSPS) is 15.7. The van der Waals surface area contributed by atoms with E-state index in [0.29, 0.717) is 22.3 Å². The summed E-state index contributed by atoms with van der Waals surface area (Å²) in [5, 5.41) is 7.71. The third-order valence-corrected chi connectivity index (χ3v) is 4.19. The zero-order valence-corrected chi connectivity index (χ0v) is 13.8. The maximum atomic E-state index is 6.10. The number of methoxy groups -OCH3 is 1. The summed E-state index contributed by atoms with van der Waals surface area (Å²) in [5.41, 5.74) is 6.99. The van der Waals surface area contributed by atoms with Gasteiger partial charge in [-0.15, -0.1) is 0 Å². The lowest BCUT2D eigenvalue weighted by atomic mass is 10.1. The molecule has 1 aromatic carbocycles. The SMILES string of the molecule is COc1cc(N)c(Cl)cc1-c1n[nH]c(CCN2CCOCC2)n1. The van der Waals surface area contributed by atoms with Gasteiger partial charge in [-0.2, -0.15) is 5.10 Å². The maximum absolute atomic E-state index is 6.10. The van der Waals surface area contributed by atoms with Gasteiger partial charge in [0.05, 0.1) is 36.6 Å². The lowest BCUT2D eigenvalue weighted by molar-refractivity contribution is 0.0382. The first-order valence-corrected chi connectivity index (χ1v) is 7.90. The molecule has 1 aromatic heterocycles. The number of aromatic amines is 1. The molecule has 0 radical (unpaired) electrons. The van der Waals surface area contributed by atoms with Crippen molar-refractivity contribution < 1.29 is 9.47 Å². The maximum Gasteiger partial charge on any atom is 0.184 e. The van der Waals surface area contributed by atoms with Crippen LogP contribution in [0.25, 0.3) is 11.4 Å². The fourth-order valence-corrected chi connectivity index (χ4v) is 2.69. The van der Waals surface area contributed by atoms with E-state index in [1.54, 1.807) is 19.2 Å². The second-order valence-corrected chi connectivity index (χ2v) is 5.79. The number of halogens is 1. The Bertz CT molecular complexity index is 670. The van der Waals surface area contributed by atoms with Gasteiger partial charge in [0.25, 0.3) is 0 Å². The molecular formula is C15H20ClN5O2. The number of nitrogen functional groups attached to an aromatic ring is 1. The van der Waals surface area contributed by atoms with Gasteiger partial charge in [-0.1, -0.05) is 11.6 Å². The largest absolute Gasteiger partial charge is 0.496 e. The summed E-state index contributed by atoms with van der Waals surface area (Å²) >= 11 is 6.10. The number of nitrogens with two attached hydrogens (primary N) is 1. The molecule has 1 fully saturated rings. The Kier molecular flexibility index (Phi) is 5.00. The van der Waals surface area contributed by atoms with Crippen LogP contribution in [-0.2, 0) is 11.2 Å². The predicted molar refractivity (Wildman–Crippen MR) is 88.8 cm³/mol. The topological polar surface area (TPSA) is 89.3 Å². The molecule has 0 bridgehead atoms. The van der Waals surface area contributed by atoms with E-state index in [-0.39, 0.29) is 0 Å². The minimum Gasteiger partial charge on any atom is -0.496 e. The molecule has 2 aromatic rings. The van der Waals surface area contributed by atoms with Crippen LogP contribution in [0.15, 0.2) is 12.1 Å². The molecule has 3 rings (SSSR count). The van der Waals surface area contributed by atoms with Crippen LogP contribution in [0.3, 0.4) is 0 Å². The van der Waals surface area contributed by atoms with Crippen molar-refractivity contribution in [1.29, 1.82) is 0 Å². The quantitative estimate of drug-likeness (QED) is 0.805. The summed E-state index contributed by atoms with van der Waals surface area (Å²) in [7, 11) is 1.58. The highest BCUT2D eigenvalue weighted by atomic mass is 35.5. The molecule has 1 aliphatic rings. The second-order valence-electron chi connectivity index (χ2n) is 5.38. The van der Waals surface area contributed by atoms with Crippen molar-refractivity contribution in [2.24, 2.45) is 0 Å². The van der Waals surface area contributed by atoms with Crippen LogP contribution in [-0.4, -0.2) is 60.0 Å². The van der Waals surface area contributed by atoms with Crippen LogP contribution < -0.4 is 10.5 Å². The molecule has 8 heteroatoms. The minimum absolute atomic E-state index is 0.459. The first kappa shape index (κ1) is 16.0. The van der Waals surface area contributed by atoms with Gasteiger partial charge in [-0.25, -0.2) is 4.98 Å². The van der Waals surface area contributed by atoms with E-state index in [4.69, 9.17) is 26.8 Å². The Morgan fingerprint density at radius 1 is 1.39 bits per heavy atom. The van der Waals surface area contributed by atoms with Crippen molar-refractivity contribution in [1.82, 2.24) is 20.1 Å². The van der Waals surface area contributed by atoms with E-state index < -0.39 is 0 Å². The third kappa shape index (κ3) is 3.74. The summed E-state index contributed by atoms with van der Waals surface area (Å²) in [6.07, 6.45) is 0.804. The van der Waals surface area contributed by atoms with Gasteiger partial charge in [0, 0.05) is 32.1 Å². The predicted octanol–water partition coefficient (Wildman–Crippen LogP) is 1.59. The van der Waals surface area contributed by atoms with Crippen LogP contribution in [0, 0.1) is 0 Å².